The Hall–Kier alpha value is -1.17. The predicted molar refractivity (Wildman–Crippen MR) is 72.8 cm³/mol. The Morgan fingerprint density at radius 3 is 2.29 bits per heavy atom. The van der Waals surface area contributed by atoms with E-state index in [4.69, 9.17) is 0 Å². The van der Waals surface area contributed by atoms with Gasteiger partial charge < -0.3 is 5.32 Å². The van der Waals surface area contributed by atoms with Gasteiger partial charge in [-0.2, -0.15) is 0 Å². The van der Waals surface area contributed by atoms with E-state index in [0.717, 1.165) is 15.3 Å². The largest absolute Gasteiger partial charge is 0.381 e. The van der Waals surface area contributed by atoms with Gasteiger partial charge in [0, 0.05) is 15.8 Å². The maximum absolute atomic E-state index is 13.0. The fourth-order valence-electron chi connectivity index (χ4n) is 1.42. The lowest BCUT2D eigenvalue weighted by Gasteiger charge is -2.06. The van der Waals surface area contributed by atoms with Crippen LogP contribution in [-0.4, -0.2) is 0 Å². The third kappa shape index (κ3) is 3.39. The third-order valence-electron chi connectivity index (χ3n) is 2.32. The summed E-state index contributed by atoms with van der Waals surface area (Å²) >= 11 is 2.23. The molecule has 0 atom stereocenters. The minimum absolute atomic E-state index is 0.470. The molecule has 0 saturated heterocycles. The second-order valence-electron chi connectivity index (χ2n) is 3.61. The van der Waals surface area contributed by atoms with Crippen LogP contribution >= 0.6 is 22.6 Å². The Morgan fingerprint density at radius 2 is 1.65 bits per heavy atom. The lowest BCUT2D eigenvalue weighted by molar-refractivity contribution is 0.507. The van der Waals surface area contributed by atoms with Gasteiger partial charge in [0.25, 0.3) is 0 Å². The number of halogens is 3. The molecule has 0 heterocycles. The number of anilines is 1. The highest BCUT2D eigenvalue weighted by Crippen LogP contribution is 2.14. The van der Waals surface area contributed by atoms with Crippen LogP contribution in [0.15, 0.2) is 42.5 Å². The van der Waals surface area contributed by atoms with Gasteiger partial charge in [-0.1, -0.05) is 6.07 Å². The Kier molecular flexibility index (Phi) is 3.93. The van der Waals surface area contributed by atoms with Crippen molar-refractivity contribution >= 4 is 28.3 Å². The Balaban J connectivity index is 2.02. The first kappa shape index (κ1) is 12.3. The molecule has 0 spiro atoms. The Labute approximate surface area is 112 Å². The van der Waals surface area contributed by atoms with E-state index in [9.17, 15) is 8.78 Å². The van der Waals surface area contributed by atoms with Gasteiger partial charge in [0.15, 0.2) is 11.6 Å². The lowest BCUT2D eigenvalue weighted by atomic mass is 10.2. The zero-order valence-electron chi connectivity index (χ0n) is 8.88. The SMILES string of the molecule is Fc1ccc(CNc2ccc(I)cc2)cc1F. The van der Waals surface area contributed by atoms with Gasteiger partial charge in [-0.3, -0.25) is 0 Å². The second-order valence-corrected chi connectivity index (χ2v) is 4.85. The fraction of sp³-hybridized carbons (Fsp3) is 0.0769. The molecule has 2 aromatic carbocycles. The van der Waals surface area contributed by atoms with Crippen molar-refractivity contribution in [3.63, 3.8) is 0 Å². The molecule has 0 bridgehead atoms. The summed E-state index contributed by atoms with van der Waals surface area (Å²) in [6, 6.07) is 11.8. The van der Waals surface area contributed by atoms with Crippen molar-refractivity contribution in [2.75, 3.05) is 5.32 Å². The summed E-state index contributed by atoms with van der Waals surface area (Å²) in [5.74, 6) is -1.63. The molecule has 17 heavy (non-hydrogen) atoms. The summed E-state index contributed by atoms with van der Waals surface area (Å²) in [7, 11) is 0. The molecule has 2 aromatic rings. The number of nitrogens with one attached hydrogen (secondary N) is 1. The summed E-state index contributed by atoms with van der Waals surface area (Å²) in [6.45, 7) is 0.470. The standard InChI is InChI=1S/C13H10F2IN/c14-12-6-1-9(7-13(12)15)8-17-11-4-2-10(16)3-5-11/h1-7,17H,8H2. The van der Waals surface area contributed by atoms with Crippen LogP contribution in [0, 0.1) is 15.2 Å². The van der Waals surface area contributed by atoms with Crippen LogP contribution in [0.2, 0.25) is 0 Å². The molecule has 0 fully saturated rings. The van der Waals surface area contributed by atoms with E-state index in [1.807, 2.05) is 24.3 Å². The monoisotopic (exact) mass is 345 g/mol. The fourth-order valence-corrected chi connectivity index (χ4v) is 1.78. The molecule has 0 saturated carbocycles. The van der Waals surface area contributed by atoms with Gasteiger partial charge in [-0.15, -0.1) is 0 Å². The molecule has 0 aliphatic heterocycles. The molecule has 0 radical (unpaired) electrons. The zero-order chi connectivity index (χ0) is 12.3. The van der Waals surface area contributed by atoms with Crippen molar-refractivity contribution in [2.45, 2.75) is 6.54 Å². The van der Waals surface area contributed by atoms with Crippen molar-refractivity contribution in [3.05, 3.63) is 63.2 Å². The van der Waals surface area contributed by atoms with Crippen LogP contribution < -0.4 is 5.32 Å². The van der Waals surface area contributed by atoms with Gasteiger partial charge >= 0.3 is 0 Å². The van der Waals surface area contributed by atoms with Crippen molar-refractivity contribution in [2.24, 2.45) is 0 Å². The van der Waals surface area contributed by atoms with Gasteiger partial charge in [0.2, 0.25) is 0 Å². The van der Waals surface area contributed by atoms with Crippen LogP contribution in [0.4, 0.5) is 14.5 Å². The van der Waals surface area contributed by atoms with Gasteiger partial charge in [0.1, 0.15) is 0 Å². The maximum Gasteiger partial charge on any atom is 0.159 e. The first-order valence-corrected chi connectivity index (χ1v) is 6.16. The van der Waals surface area contributed by atoms with Crippen molar-refractivity contribution in [1.82, 2.24) is 0 Å². The Bertz CT molecular complexity index is 511. The van der Waals surface area contributed by atoms with Crippen LogP contribution in [0.5, 0.6) is 0 Å². The molecule has 2 rings (SSSR count). The molecule has 0 aliphatic carbocycles. The molecule has 0 aliphatic rings. The summed E-state index contributed by atoms with van der Waals surface area (Å²) < 4.78 is 26.8. The minimum atomic E-state index is -0.817. The summed E-state index contributed by atoms with van der Waals surface area (Å²) in [6.07, 6.45) is 0. The van der Waals surface area contributed by atoms with Crippen LogP contribution in [0.25, 0.3) is 0 Å². The second kappa shape index (κ2) is 5.44. The van der Waals surface area contributed by atoms with Gasteiger partial charge in [-0.05, 0) is 64.6 Å². The van der Waals surface area contributed by atoms with E-state index in [-0.39, 0.29) is 0 Å². The number of benzene rings is 2. The van der Waals surface area contributed by atoms with E-state index in [2.05, 4.69) is 27.9 Å². The molecular formula is C13H10F2IN. The normalized spacial score (nSPS) is 10.3. The van der Waals surface area contributed by atoms with Crippen molar-refractivity contribution < 1.29 is 8.78 Å². The highest BCUT2D eigenvalue weighted by molar-refractivity contribution is 14.1. The molecule has 0 aromatic heterocycles. The van der Waals surface area contributed by atoms with E-state index in [0.29, 0.717) is 12.1 Å². The topological polar surface area (TPSA) is 12.0 Å². The number of hydrogen-bond acceptors (Lipinski definition) is 1. The molecule has 0 unspecified atom stereocenters. The number of hydrogen-bond donors (Lipinski definition) is 1. The molecule has 1 N–H and O–H groups in total. The summed E-state index contributed by atoms with van der Waals surface area (Å²) in [5.41, 5.74) is 1.66. The quantitative estimate of drug-likeness (QED) is 0.823. The van der Waals surface area contributed by atoms with E-state index in [1.54, 1.807) is 6.07 Å². The first-order chi connectivity index (χ1) is 8.15. The van der Waals surface area contributed by atoms with Gasteiger partial charge in [-0.25, -0.2) is 8.78 Å². The molecule has 0 amide bonds. The maximum atomic E-state index is 13.0. The lowest BCUT2D eigenvalue weighted by Crippen LogP contribution is -2.00. The summed E-state index contributed by atoms with van der Waals surface area (Å²) in [5, 5.41) is 3.14. The van der Waals surface area contributed by atoms with Crippen LogP contribution in [0.1, 0.15) is 5.56 Å². The predicted octanol–water partition coefficient (Wildman–Crippen LogP) is 4.18. The first-order valence-electron chi connectivity index (χ1n) is 5.08. The van der Waals surface area contributed by atoms with Crippen molar-refractivity contribution in [3.8, 4) is 0 Å². The molecule has 4 heteroatoms. The van der Waals surface area contributed by atoms with E-state index < -0.39 is 11.6 Å². The smallest absolute Gasteiger partial charge is 0.159 e. The Morgan fingerprint density at radius 1 is 0.941 bits per heavy atom. The van der Waals surface area contributed by atoms with Crippen LogP contribution in [0.3, 0.4) is 0 Å². The average Bonchev–Trinajstić information content (AvgIpc) is 2.33. The highest BCUT2D eigenvalue weighted by Gasteiger charge is 2.02. The zero-order valence-corrected chi connectivity index (χ0v) is 11.0. The average molecular weight is 345 g/mol. The van der Waals surface area contributed by atoms with Crippen molar-refractivity contribution in [1.29, 1.82) is 0 Å². The third-order valence-corrected chi connectivity index (χ3v) is 3.04. The van der Waals surface area contributed by atoms with Gasteiger partial charge in [0.05, 0.1) is 0 Å². The summed E-state index contributed by atoms with van der Waals surface area (Å²) in [4.78, 5) is 0. The number of rotatable bonds is 3. The molecule has 88 valence electrons. The van der Waals surface area contributed by atoms with E-state index in [1.165, 1.54) is 6.07 Å². The van der Waals surface area contributed by atoms with E-state index >= 15 is 0 Å². The molecular weight excluding hydrogens is 335 g/mol. The minimum Gasteiger partial charge on any atom is -0.381 e. The van der Waals surface area contributed by atoms with Crippen LogP contribution in [-0.2, 0) is 6.54 Å². The molecule has 1 nitrogen and oxygen atoms in total. The highest BCUT2D eigenvalue weighted by atomic mass is 127.